The van der Waals surface area contributed by atoms with E-state index in [4.69, 9.17) is 11.6 Å². The summed E-state index contributed by atoms with van der Waals surface area (Å²) in [4.78, 5) is 0. The molecule has 1 aromatic rings. The predicted molar refractivity (Wildman–Crippen MR) is 72.7 cm³/mol. The summed E-state index contributed by atoms with van der Waals surface area (Å²) in [5.74, 6) is 0.752. The molecule has 0 spiro atoms. The summed E-state index contributed by atoms with van der Waals surface area (Å²) in [5.41, 5.74) is 3.20. The van der Waals surface area contributed by atoms with Crippen molar-refractivity contribution in [3.05, 3.63) is 34.3 Å². The third-order valence-electron chi connectivity index (χ3n) is 4.72. The maximum atomic E-state index is 6.16. The Balaban J connectivity index is 2.08. The lowest BCUT2D eigenvalue weighted by atomic mass is 9.61. The van der Waals surface area contributed by atoms with Crippen LogP contribution in [0.4, 0.5) is 0 Å². The maximum Gasteiger partial charge on any atom is 0.0409 e. The number of halogens is 1. The molecule has 0 aromatic heterocycles. The molecule has 1 N–H and O–H groups in total. The molecule has 2 atom stereocenters. The summed E-state index contributed by atoms with van der Waals surface area (Å²) in [6.07, 6.45) is 3.82. The van der Waals surface area contributed by atoms with Gasteiger partial charge in [-0.05, 0) is 60.4 Å². The zero-order valence-corrected chi connectivity index (χ0v) is 11.3. The number of fused-ring (bicyclic) bond motifs is 2. The van der Waals surface area contributed by atoms with Crippen molar-refractivity contribution in [2.45, 2.75) is 44.6 Å². The molecule has 2 heteroatoms. The Bertz CT molecular complexity index is 439. The van der Waals surface area contributed by atoms with E-state index in [1.165, 1.54) is 36.9 Å². The molecule has 1 fully saturated rings. The van der Waals surface area contributed by atoms with E-state index in [1.807, 2.05) is 6.07 Å². The van der Waals surface area contributed by atoms with Crippen LogP contribution in [0.15, 0.2) is 18.2 Å². The molecule has 92 valence electrons. The summed E-state index contributed by atoms with van der Waals surface area (Å²) in [6, 6.07) is 7.08. The Labute approximate surface area is 109 Å². The zero-order valence-electron chi connectivity index (χ0n) is 10.6. The molecule has 0 bridgehead atoms. The lowest BCUT2D eigenvalue weighted by Crippen LogP contribution is -2.53. The van der Waals surface area contributed by atoms with Crippen LogP contribution in [0.3, 0.4) is 0 Å². The molecular formula is C15H20ClN. The lowest BCUT2D eigenvalue weighted by molar-refractivity contribution is 0.168. The van der Waals surface area contributed by atoms with Gasteiger partial charge in [-0.3, -0.25) is 0 Å². The Hall–Kier alpha value is -0.530. The van der Waals surface area contributed by atoms with E-state index in [2.05, 4.69) is 31.3 Å². The van der Waals surface area contributed by atoms with Gasteiger partial charge in [0.1, 0.15) is 0 Å². The molecular weight excluding hydrogens is 230 g/mol. The normalized spacial score (nSPS) is 30.5. The highest BCUT2D eigenvalue weighted by Crippen LogP contribution is 2.45. The van der Waals surface area contributed by atoms with Crippen molar-refractivity contribution in [2.24, 2.45) is 5.92 Å². The van der Waals surface area contributed by atoms with Gasteiger partial charge in [-0.25, -0.2) is 0 Å². The highest BCUT2D eigenvalue weighted by molar-refractivity contribution is 6.30. The van der Waals surface area contributed by atoms with E-state index in [0.717, 1.165) is 10.9 Å². The van der Waals surface area contributed by atoms with Gasteiger partial charge in [-0.15, -0.1) is 0 Å². The predicted octanol–water partition coefficient (Wildman–Crippen LogP) is 3.54. The van der Waals surface area contributed by atoms with Crippen molar-refractivity contribution in [1.82, 2.24) is 5.32 Å². The molecule has 1 aliphatic carbocycles. The molecule has 1 saturated heterocycles. The molecule has 0 amide bonds. The molecule has 0 radical (unpaired) electrons. The Kier molecular flexibility index (Phi) is 2.72. The van der Waals surface area contributed by atoms with Gasteiger partial charge in [-0.1, -0.05) is 31.5 Å². The lowest BCUT2D eigenvalue weighted by Gasteiger charge is -2.48. The SMILES string of the molecule is CC1(C)c2cc(Cl)ccc2CC2NCCCC21. The fourth-order valence-electron chi connectivity index (χ4n) is 3.79. The molecule has 1 aromatic carbocycles. The van der Waals surface area contributed by atoms with E-state index >= 15 is 0 Å². The quantitative estimate of drug-likeness (QED) is 0.742. The first-order valence-corrected chi connectivity index (χ1v) is 6.99. The number of benzene rings is 1. The molecule has 3 rings (SSSR count). The van der Waals surface area contributed by atoms with Gasteiger partial charge < -0.3 is 5.32 Å². The van der Waals surface area contributed by atoms with Gasteiger partial charge in [0.25, 0.3) is 0 Å². The van der Waals surface area contributed by atoms with Crippen LogP contribution in [0.1, 0.15) is 37.8 Å². The van der Waals surface area contributed by atoms with E-state index < -0.39 is 0 Å². The number of nitrogens with one attached hydrogen (secondary N) is 1. The summed E-state index contributed by atoms with van der Waals surface area (Å²) < 4.78 is 0. The Morgan fingerprint density at radius 3 is 3.00 bits per heavy atom. The van der Waals surface area contributed by atoms with Gasteiger partial charge in [-0.2, -0.15) is 0 Å². The van der Waals surface area contributed by atoms with Crippen molar-refractivity contribution in [2.75, 3.05) is 6.54 Å². The first-order chi connectivity index (χ1) is 8.09. The van der Waals surface area contributed by atoms with Crippen molar-refractivity contribution >= 4 is 11.6 Å². The molecule has 2 unspecified atom stereocenters. The topological polar surface area (TPSA) is 12.0 Å². The van der Waals surface area contributed by atoms with Gasteiger partial charge in [0.05, 0.1) is 0 Å². The summed E-state index contributed by atoms with van der Waals surface area (Å²) in [7, 11) is 0. The summed E-state index contributed by atoms with van der Waals surface area (Å²) >= 11 is 6.16. The monoisotopic (exact) mass is 249 g/mol. The highest BCUT2D eigenvalue weighted by Gasteiger charge is 2.43. The van der Waals surface area contributed by atoms with Gasteiger partial charge in [0.2, 0.25) is 0 Å². The smallest absolute Gasteiger partial charge is 0.0409 e. The van der Waals surface area contributed by atoms with Gasteiger partial charge in [0.15, 0.2) is 0 Å². The van der Waals surface area contributed by atoms with Gasteiger partial charge >= 0.3 is 0 Å². The molecule has 1 nitrogen and oxygen atoms in total. The molecule has 0 saturated carbocycles. The standard InChI is InChI=1S/C15H20ClN/c1-15(2)12-4-3-7-17-14(12)8-10-5-6-11(16)9-13(10)15/h5-6,9,12,14,17H,3-4,7-8H2,1-2H3. The van der Waals surface area contributed by atoms with Crippen LogP contribution in [0.2, 0.25) is 5.02 Å². The fraction of sp³-hybridized carbons (Fsp3) is 0.600. The van der Waals surface area contributed by atoms with Crippen LogP contribution in [-0.4, -0.2) is 12.6 Å². The van der Waals surface area contributed by atoms with E-state index in [1.54, 1.807) is 0 Å². The first-order valence-electron chi connectivity index (χ1n) is 6.61. The van der Waals surface area contributed by atoms with Crippen LogP contribution < -0.4 is 5.32 Å². The highest BCUT2D eigenvalue weighted by atomic mass is 35.5. The maximum absolute atomic E-state index is 6.16. The summed E-state index contributed by atoms with van der Waals surface area (Å²) in [6.45, 7) is 5.94. The van der Waals surface area contributed by atoms with E-state index in [-0.39, 0.29) is 5.41 Å². The van der Waals surface area contributed by atoms with Crippen LogP contribution in [0.25, 0.3) is 0 Å². The molecule has 2 aliphatic rings. The Morgan fingerprint density at radius 2 is 2.18 bits per heavy atom. The van der Waals surface area contributed by atoms with E-state index in [9.17, 15) is 0 Å². The average molecular weight is 250 g/mol. The minimum absolute atomic E-state index is 0.247. The third kappa shape index (κ3) is 1.80. The molecule has 17 heavy (non-hydrogen) atoms. The molecule has 1 aliphatic heterocycles. The second kappa shape index (κ2) is 4.00. The largest absolute Gasteiger partial charge is 0.313 e. The number of hydrogen-bond donors (Lipinski definition) is 1. The second-order valence-electron chi connectivity index (χ2n) is 6.04. The number of piperidine rings is 1. The van der Waals surface area contributed by atoms with Crippen molar-refractivity contribution in [3.63, 3.8) is 0 Å². The minimum atomic E-state index is 0.247. The van der Waals surface area contributed by atoms with Crippen LogP contribution in [0, 0.1) is 5.92 Å². The van der Waals surface area contributed by atoms with Crippen molar-refractivity contribution < 1.29 is 0 Å². The number of rotatable bonds is 0. The van der Waals surface area contributed by atoms with Crippen LogP contribution in [-0.2, 0) is 11.8 Å². The first kappa shape index (κ1) is 11.6. The fourth-order valence-corrected chi connectivity index (χ4v) is 3.97. The Morgan fingerprint density at radius 1 is 1.35 bits per heavy atom. The molecule has 1 heterocycles. The van der Waals surface area contributed by atoms with Crippen molar-refractivity contribution in [1.29, 1.82) is 0 Å². The average Bonchev–Trinajstić information content (AvgIpc) is 2.31. The van der Waals surface area contributed by atoms with Gasteiger partial charge in [0, 0.05) is 11.1 Å². The minimum Gasteiger partial charge on any atom is -0.313 e. The van der Waals surface area contributed by atoms with Crippen LogP contribution >= 0.6 is 11.6 Å². The van der Waals surface area contributed by atoms with Crippen molar-refractivity contribution in [3.8, 4) is 0 Å². The summed E-state index contributed by atoms with van der Waals surface area (Å²) in [5, 5.41) is 4.57. The number of hydrogen-bond acceptors (Lipinski definition) is 1. The van der Waals surface area contributed by atoms with Crippen LogP contribution in [0.5, 0.6) is 0 Å². The third-order valence-corrected chi connectivity index (χ3v) is 4.95. The van der Waals surface area contributed by atoms with E-state index in [0.29, 0.717) is 6.04 Å². The zero-order chi connectivity index (χ0) is 12.0. The second-order valence-corrected chi connectivity index (χ2v) is 6.47.